The second kappa shape index (κ2) is 6.47. The van der Waals surface area contributed by atoms with Gasteiger partial charge in [-0.05, 0) is 12.1 Å². The van der Waals surface area contributed by atoms with E-state index >= 15 is 0 Å². The van der Waals surface area contributed by atoms with Crippen LogP contribution in [0.1, 0.15) is 11.3 Å². The highest BCUT2D eigenvalue weighted by Gasteiger charge is 2.07. The lowest BCUT2D eigenvalue weighted by atomic mass is 10.1. The minimum absolute atomic E-state index is 0.342. The smallest absolute Gasteiger partial charge is 0.215 e. The molecule has 0 amide bonds. The van der Waals surface area contributed by atoms with Gasteiger partial charge in [0.05, 0.1) is 5.69 Å². The summed E-state index contributed by atoms with van der Waals surface area (Å²) in [5.74, 6) is 0.342. The molecule has 0 radical (unpaired) electrons. The van der Waals surface area contributed by atoms with Gasteiger partial charge in [0, 0.05) is 25.9 Å². The molecule has 0 aliphatic heterocycles. The van der Waals surface area contributed by atoms with Crippen LogP contribution < -0.4 is 5.73 Å². The van der Waals surface area contributed by atoms with Crippen molar-refractivity contribution in [3.63, 3.8) is 0 Å². The Hall–Kier alpha value is -2.69. The molecular weight excluding hydrogens is 250 g/mol. The molecule has 0 fully saturated rings. The van der Waals surface area contributed by atoms with Gasteiger partial charge in [-0.1, -0.05) is 36.4 Å². The number of guanidine groups is 1. The van der Waals surface area contributed by atoms with E-state index in [1.807, 2.05) is 62.6 Å². The molecule has 0 aliphatic rings. The molecule has 0 bridgehead atoms. The van der Waals surface area contributed by atoms with Gasteiger partial charge >= 0.3 is 0 Å². The minimum Gasteiger partial charge on any atom is -0.368 e. The standard InChI is InChI=1S/C15H17N5/c1-20(2)15(16)19-18-14(12-8-4-3-5-9-12)13-10-6-7-11-17-13/h3-11H,1-2H3,(H2,16,19)/b18-14+. The molecule has 0 atom stereocenters. The van der Waals surface area contributed by atoms with Crippen molar-refractivity contribution in [2.75, 3.05) is 14.1 Å². The maximum atomic E-state index is 5.77. The molecule has 20 heavy (non-hydrogen) atoms. The lowest BCUT2D eigenvalue weighted by molar-refractivity contribution is 0.611. The van der Waals surface area contributed by atoms with Crippen molar-refractivity contribution >= 4 is 11.7 Å². The first-order valence-electron chi connectivity index (χ1n) is 6.24. The third-order valence-electron chi connectivity index (χ3n) is 2.67. The van der Waals surface area contributed by atoms with E-state index < -0.39 is 0 Å². The predicted octanol–water partition coefficient (Wildman–Crippen LogP) is 1.71. The van der Waals surface area contributed by atoms with Gasteiger partial charge in [-0.3, -0.25) is 4.98 Å². The third-order valence-corrected chi connectivity index (χ3v) is 2.67. The highest BCUT2D eigenvalue weighted by atomic mass is 15.3. The van der Waals surface area contributed by atoms with Crippen LogP contribution in [0, 0.1) is 0 Å². The van der Waals surface area contributed by atoms with Crippen LogP contribution in [0.4, 0.5) is 0 Å². The van der Waals surface area contributed by atoms with Crippen LogP contribution in [0.5, 0.6) is 0 Å². The Kier molecular flexibility index (Phi) is 4.44. The Morgan fingerprint density at radius 2 is 1.70 bits per heavy atom. The average molecular weight is 267 g/mol. The van der Waals surface area contributed by atoms with Crippen molar-refractivity contribution in [1.29, 1.82) is 0 Å². The minimum atomic E-state index is 0.342. The van der Waals surface area contributed by atoms with E-state index in [-0.39, 0.29) is 0 Å². The topological polar surface area (TPSA) is 66.9 Å². The average Bonchev–Trinajstić information content (AvgIpc) is 2.49. The molecule has 2 N–H and O–H groups in total. The highest BCUT2D eigenvalue weighted by Crippen LogP contribution is 2.09. The Morgan fingerprint density at radius 1 is 1.00 bits per heavy atom. The van der Waals surface area contributed by atoms with Gasteiger partial charge in [0.25, 0.3) is 0 Å². The number of benzene rings is 1. The summed E-state index contributed by atoms with van der Waals surface area (Å²) in [5, 5.41) is 8.31. The zero-order valence-corrected chi connectivity index (χ0v) is 11.6. The molecule has 1 heterocycles. The number of aromatic nitrogens is 1. The van der Waals surface area contributed by atoms with E-state index in [1.54, 1.807) is 11.1 Å². The van der Waals surface area contributed by atoms with E-state index in [4.69, 9.17) is 5.73 Å². The summed E-state index contributed by atoms with van der Waals surface area (Å²) in [6.07, 6.45) is 1.73. The molecule has 1 aromatic heterocycles. The first-order chi connectivity index (χ1) is 9.68. The Morgan fingerprint density at radius 3 is 2.30 bits per heavy atom. The quantitative estimate of drug-likeness (QED) is 0.523. The molecule has 0 unspecified atom stereocenters. The molecule has 5 heteroatoms. The van der Waals surface area contributed by atoms with E-state index in [2.05, 4.69) is 15.2 Å². The summed E-state index contributed by atoms with van der Waals surface area (Å²) < 4.78 is 0. The number of hydrogen-bond acceptors (Lipinski definition) is 3. The maximum Gasteiger partial charge on any atom is 0.215 e. The van der Waals surface area contributed by atoms with E-state index in [0.29, 0.717) is 11.7 Å². The molecule has 0 saturated heterocycles. The Labute approximate surface area is 118 Å². The van der Waals surface area contributed by atoms with Crippen LogP contribution in [0.2, 0.25) is 0 Å². The number of hydrogen-bond donors (Lipinski definition) is 1. The fourth-order valence-electron chi connectivity index (χ4n) is 1.55. The number of nitrogens with two attached hydrogens (primary N) is 1. The maximum absolute atomic E-state index is 5.77. The van der Waals surface area contributed by atoms with Gasteiger partial charge in [0.15, 0.2) is 0 Å². The third kappa shape index (κ3) is 3.41. The number of rotatable bonds is 3. The van der Waals surface area contributed by atoms with Crippen molar-refractivity contribution < 1.29 is 0 Å². The van der Waals surface area contributed by atoms with Gasteiger partial charge in [0.1, 0.15) is 5.71 Å². The first-order valence-corrected chi connectivity index (χ1v) is 6.24. The lowest BCUT2D eigenvalue weighted by Gasteiger charge is -2.09. The van der Waals surface area contributed by atoms with E-state index in [0.717, 1.165) is 11.3 Å². The Bertz CT molecular complexity index is 561. The van der Waals surface area contributed by atoms with Gasteiger partial charge in [-0.2, -0.15) is 0 Å². The summed E-state index contributed by atoms with van der Waals surface area (Å²) in [7, 11) is 3.63. The van der Waals surface area contributed by atoms with Crippen molar-refractivity contribution in [2.45, 2.75) is 0 Å². The molecule has 102 valence electrons. The van der Waals surface area contributed by atoms with Crippen LogP contribution in [0.25, 0.3) is 0 Å². The molecule has 5 nitrogen and oxygen atoms in total. The monoisotopic (exact) mass is 267 g/mol. The number of nitrogens with zero attached hydrogens (tertiary/aromatic N) is 4. The van der Waals surface area contributed by atoms with Crippen molar-refractivity contribution in [1.82, 2.24) is 9.88 Å². The van der Waals surface area contributed by atoms with Crippen LogP contribution in [0.15, 0.2) is 64.9 Å². The van der Waals surface area contributed by atoms with Crippen LogP contribution >= 0.6 is 0 Å². The fourth-order valence-corrected chi connectivity index (χ4v) is 1.55. The molecule has 0 aliphatic carbocycles. The second-order valence-electron chi connectivity index (χ2n) is 4.38. The molecule has 1 aromatic carbocycles. The molecule has 0 spiro atoms. The lowest BCUT2D eigenvalue weighted by Crippen LogP contribution is -2.30. The van der Waals surface area contributed by atoms with Gasteiger partial charge in [-0.25, -0.2) is 0 Å². The summed E-state index contributed by atoms with van der Waals surface area (Å²) >= 11 is 0. The summed E-state index contributed by atoms with van der Waals surface area (Å²) in [4.78, 5) is 6.02. The van der Waals surface area contributed by atoms with Crippen molar-refractivity contribution in [2.24, 2.45) is 15.9 Å². The van der Waals surface area contributed by atoms with Crippen LogP contribution in [0.3, 0.4) is 0 Å². The fraction of sp³-hybridized carbons (Fsp3) is 0.133. The van der Waals surface area contributed by atoms with Crippen molar-refractivity contribution in [3.05, 3.63) is 66.0 Å². The van der Waals surface area contributed by atoms with Crippen LogP contribution in [-0.4, -0.2) is 35.7 Å². The van der Waals surface area contributed by atoms with E-state index in [1.165, 1.54) is 0 Å². The summed E-state index contributed by atoms with van der Waals surface area (Å²) in [6.45, 7) is 0. The summed E-state index contributed by atoms with van der Waals surface area (Å²) in [6, 6.07) is 15.5. The zero-order valence-electron chi connectivity index (χ0n) is 11.6. The predicted molar refractivity (Wildman–Crippen MR) is 81.6 cm³/mol. The largest absolute Gasteiger partial charge is 0.368 e. The van der Waals surface area contributed by atoms with Gasteiger partial charge in [-0.15, -0.1) is 10.2 Å². The van der Waals surface area contributed by atoms with Gasteiger partial charge in [0.2, 0.25) is 5.96 Å². The summed E-state index contributed by atoms with van der Waals surface area (Å²) in [5.41, 5.74) is 8.16. The SMILES string of the molecule is CN(C)/C(N)=N/N=C(\c1ccccc1)c1ccccn1. The molecule has 2 aromatic rings. The molecule has 2 rings (SSSR count). The van der Waals surface area contributed by atoms with Crippen molar-refractivity contribution in [3.8, 4) is 0 Å². The second-order valence-corrected chi connectivity index (χ2v) is 4.38. The van der Waals surface area contributed by atoms with Crippen LogP contribution in [-0.2, 0) is 0 Å². The molecular formula is C15H17N5. The van der Waals surface area contributed by atoms with E-state index in [9.17, 15) is 0 Å². The normalized spacial score (nSPS) is 12.3. The first kappa shape index (κ1) is 13.7. The Balaban J connectivity index is 2.46. The number of pyridine rings is 1. The highest BCUT2D eigenvalue weighted by molar-refractivity contribution is 6.11. The molecule has 0 saturated carbocycles. The zero-order chi connectivity index (χ0) is 14.4. The van der Waals surface area contributed by atoms with Gasteiger partial charge < -0.3 is 10.6 Å².